The maximum Gasteiger partial charge on any atom is 0.156 e. The van der Waals surface area contributed by atoms with Gasteiger partial charge in [0.05, 0.1) is 5.69 Å². The van der Waals surface area contributed by atoms with E-state index >= 15 is 0 Å². The molecule has 0 amide bonds. The molecule has 96 valence electrons. The second kappa shape index (κ2) is 4.39. The second-order valence-electron chi connectivity index (χ2n) is 5.30. The zero-order valence-corrected chi connectivity index (χ0v) is 11.1. The molecule has 0 aromatic heterocycles. The lowest BCUT2D eigenvalue weighted by atomic mass is 10.0. The molecule has 0 bridgehead atoms. The van der Waals surface area contributed by atoms with Gasteiger partial charge in [0.25, 0.3) is 0 Å². The molecule has 3 rings (SSSR count). The molecule has 1 unspecified atom stereocenters. The first kappa shape index (κ1) is 11.7. The van der Waals surface area contributed by atoms with E-state index in [0.717, 1.165) is 35.5 Å². The van der Waals surface area contributed by atoms with Crippen molar-refractivity contribution >= 4 is 11.5 Å². The summed E-state index contributed by atoms with van der Waals surface area (Å²) in [5, 5.41) is 10.7. The second-order valence-corrected chi connectivity index (χ2v) is 5.30. The van der Waals surface area contributed by atoms with Crippen LogP contribution in [0.4, 0.5) is 5.69 Å². The first-order valence-corrected chi connectivity index (χ1v) is 6.86. The quantitative estimate of drug-likeness (QED) is 0.885. The summed E-state index contributed by atoms with van der Waals surface area (Å²) >= 11 is 0. The minimum Gasteiger partial charge on any atom is -0.369 e. The number of rotatable bonds is 3. The van der Waals surface area contributed by atoms with Crippen molar-refractivity contribution in [1.29, 1.82) is 0 Å². The van der Waals surface area contributed by atoms with Gasteiger partial charge in [0.2, 0.25) is 0 Å². The first-order chi connectivity index (χ1) is 8.72. The SMILES string of the molecule is CCCC1=Nc2cccc(C)c2C(O)N1C1CC1. The van der Waals surface area contributed by atoms with Crippen molar-refractivity contribution in [2.75, 3.05) is 0 Å². The Morgan fingerprint density at radius 2 is 2.17 bits per heavy atom. The third-order valence-corrected chi connectivity index (χ3v) is 3.78. The molecule has 3 nitrogen and oxygen atoms in total. The average molecular weight is 244 g/mol. The summed E-state index contributed by atoms with van der Waals surface area (Å²) in [4.78, 5) is 6.91. The lowest BCUT2D eigenvalue weighted by molar-refractivity contribution is 0.0432. The van der Waals surface area contributed by atoms with Crippen LogP contribution < -0.4 is 0 Å². The summed E-state index contributed by atoms with van der Waals surface area (Å²) in [5.41, 5.74) is 3.07. The van der Waals surface area contributed by atoms with E-state index in [1.165, 1.54) is 12.8 Å². The molecule has 0 saturated heterocycles. The van der Waals surface area contributed by atoms with Crippen molar-refractivity contribution in [3.8, 4) is 0 Å². The van der Waals surface area contributed by atoms with E-state index < -0.39 is 6.23 Å². The molecule has 3 heteroatoms. The van der Waals surface area contributed by atoms with Gasteiger partial charge in [-0.2, -0.15) is 0 Å². The summed E-state index contributed by atoms with van der Waals surface area (Å²) in [6.45, 7) is 4.21. The molecule has 1 N–H and O–H groups in total. The smallest absolute Gasteiger partial charge is 0.156 e. The number of amidine groups is 1. The molecule has 0 spiro atoms. The van der Waals surface area contributed by atoms with E-state index in [1.807, 2.05) is 25.1 Å². The highest BCUT2D eigenvalue weighted by Gasteiger charge is 2.39. The molecule has 0 radical (unpaired) electrons. The van der Waals surface area contributed by atoms with E-state index in [2.05, 4.69) is 11.8 Å². The van der Waals surface area contributed by atoms with Gasteiger partial charge in [-0.25, -0.2) is 4.99 Å². The van der Waals surface area contributed by atoms with Gasteiger partial charge in [-0.15, -0.1) is 0 Å². The Kier molecular flexibility index (Phi) is 2.86. The van der Waals surface area contributed by atoms with Crippen LogP contribution in [-0.4, -0.2) is 21.9 Å². The van der Waals surface area contributed by atoms with Crippen molar-refractivity contribution in [2.24, 2.45) is 4.99 Å². The van der Waals surface area contributed by atoms with Crippen LogP contribution in [0.25, 0.3) is 0 Å². The number of benzene rings is 1. The van der Waals surface area contributed by atoms with Crippen LogP contribution in [0.3, 0.4) is 0 Å². The molecule has 2 aliphatic rings. The minimum atomic E-state index is -0.507. The molecule has 1 aromatic carbocycles. The Hall–Kier alpha value is -1.35. The normalized spacial score (nSPS) is 22.7. The molecule has 1 aliphatic carbocycles. The monoisotopic (exact) mass is 244 g/mol. The number of fused-ring (bicyclic) bond motifs is 1. The lowest BCUT2D eigenvalue weighted by Crippen LogP contribution is -2.39. The number of hydrogen-bond donors (Lipinski definition) is 1. The number of nitrogens with zero attached hydrogens (tertiary/aromatic N) is 2. The molecule has 18 heavy (non-hydrogen) atoms. The van der Waals surface area contributed by atoms with Crippen LogP contribution in [0.2, 0.25) is 0 Å². The van der Waals surface area contributed by atoms with E-state index in [0.29, 0.717) is 6.04 Å². The Bertz CT molecular complexity index is 491. The van der Waals surface area contributed by atoms with Gasteiger partial charge in [-0.05, 0) is 37.8 Å². The highest BCUT2D eigenvalue weighted by atomic mass is 16.3. The number of hydrogen-bond acceptors (Lipinski definition) is 3. The molecule has 1 aliphatic heterocycles. The topological polar surface area (TPSA) is 35.8 Å². The van der Waals surface area contributed by atoms with E-state index in [-0.39, 0.29) is 0 Å². The van der Waals surface area contributed by atoms with Gasteiger partial charge in [0.15, 0.2) is 6.23 Å². The summed E-state index contributed by atoms with van der Waals surface area (Å²) < 4.78 is 0. The third kappa shape index (κ3) is 1.83. The zero-order chi connectivity index (χ0) is 12.7. The molecule has 1 fully saturated rings. The number of aliphatic hydroxyl groups is 1. The molecule has 1 saturated carbocycles. The van der Waals surface area contributed by atoms with Crippen LogP contribution in [-0.2, 0) is 0 Å². The molecule has 1 atom stereocenters. The molecular formula is C15H20N2O. The Morgan fingerprint density at radius 3 is 2.83 bits per heavy atom. The highest BCUT2D eigenvalue weighted by Crippen LogP contribution is 2.42. The maximum atomic E-state index is 10.7. The number of aryl methyl sites for hydroxylation is 1. The van der Waals surface area contributed by atoms with Gasteiger partial charge in [0, 0.05) is 18.0 Å². The summed E-state index contributed by atoms with van der Waals surface area (Å²) in [7, 11) is 0. The van der Waals surface area contributed by atoms with E-state index in [1.54, 1.807) is 0 Å². The van der Waals surface area contributed by atoms with Crippen molar-refractivity contribution in [3.05, 3.63) is 29.3 Å². The fourth-order valence-corrected chi connectivity index (χ4v) is 2.75. The van der Waals surface area contributed by atoms with Crippen LogP contribution in [0.15, 0.2) is 23.2 Å². The predicted molar refractivity (Wildman–Crippen MR) is 73.0 cm³/mol. The fourth-order valence-electron chi connectivity index (χ4n) is 2.75. The Balaban J connectivity index is 2.07. The molecule has 1 aromatic rings. The largest absolute Gasteiger partial charge is 0.369 e. The van der Waals surface area contributed by atoms with Gasteiger partial charge in [-0.3, -0.25) is 0 Å². The Labute approximate surface area is 108 Å². The average Bonchev–Trinajstić information content (AvgIpc) is 3.13. The first-order valence-electron chi connectivity index (χ1n) is 6.86. The van der Waals surface area contributed by atoms with Crippen molar-refractivity contribution in [2.45, 2.75) is 51.8 Å². The van der Waals surface area contributed by atoms with Crippen molar-refractivity contribution in [1.82, 2.24) is 4.90 Å². The van der Waals surface area contributed by atoms with Crippen LogP contribution in [0.1, 0.15) is 50.0 Å². The van der Waals surface area contributed by atoms with Crippen molar-refractivity contribution in [3.63, 3.8) is 0 Å². The minimum absolute atomic E-state index is 0.498. The standard InChI is InChI=1S/C15H20N2O/c1-3-5-13-16-12-7-4-6-10(2)14(12)15(18)17(13)11-8-9-11/h4,6-7,11,15,18H,3,5,8-9H2,1-2H3. The third-order valence-electron chi connectivity index (χ3n) is 3.78. The van der Waals surface area contributed by atoms with Gasteiger partial charge < -0.3 is 10.0 Å². The highest BCUT2D eigenvalue weighted by molar-refractivity contribution is 5.88. The number of aliphatic imine (C=N–C) groups is 1. The van der Waals surface area contributed by atoms with E-state index in [9.17, 15) is 5.11 Å². The van der Waals surface area contributed by atoms with Crippen LogP contribution >= 0.6 is 0 Å². The predicted octanol–water partition coefficient (Wildman–Crippen LogP) is 3.29. The lowest BCUT2D eigenvalue weighted by Gasteiger charge is -2.36. The van der Waals surface area contributed by atoms with Crippen LogP contribution in [0, 0.1) is 6.92 Å². The summed E-state index contributed by atoms with van der Waals surface area (Å²) in [6.07, 6.45) is 3.87. The van der Waals surface area contributed by atoms with Crippen molar-refractivity contribution < 1.29 is 5.11 Å². The molecular weight excluding hydrogens is 224 g/mol. The summed E-state index contributed by atoms with van der Waals surface area (Å²) in [6, 6.07) is 6.57. The van der Waals surface area contributed by atoms with Gasteiger partial charge >= 0.3 is 0 Å². The van der Waals surface area contributed by atoms with E-state index in [4.69, 9.17) is 4.99 Å². The fraction of sp³-hybridized carbons (Fsp3) is 0.533. The van der Waals surface area contributed by atoms with Gasteiger partial charge in [0.1, 0.15) is 5.84 Å². The Morgan fingerprint density at radius 1 is 1.39 bits per heavy atom. The molecule has 1 heterocycles. The van der Waals surface area contributed by atoms with Crippen LogP contribution in [0.5, 0.6) is 0 Å². The van der Waals surface area contributed by atoms with Gasteiger partial charge in [-0.1, -0.05) is 19.1 Å². The summed E-state index contributed by atoms with van der Waals surface area (Å²) in [5.74, 6) is 1.06. The zero-order valence-electron chi connectivity index (χ0n) is 11.1. The number of aliphatic hydroxyl groups excluding tert-OH is 1. The maximum absolute atomic E-state index is 10.7.